The van der Waals surface area contributed by atoms with Gasteiger partial charge < -0.3 is 9.72 Å². The molecule has 1 aromatic carbocycles. The summed E-state index contributed by atoms with van der Waals surface area (Å²) in [6, 6.07) is 3.46. The topological polar surface area (TPSA) is 75.3 Å². The van der Waals surface area contributed by atoms with Crippen LogP contribution in [-0.4, -0.2) is 36.3 Å². The molecule has 1 N–H and O–H groups in total. The average molecular weight is 321 g/mol. The molecule has 0 radical (unpaired) electrons. The number of hydrogen-bond donors (Lipinski definition) is 1. The number of H-pyrrole nitrogens is 1. The molecule has 0 unspecified atom stereocenters. The summed E-state index contributed by atoms with van der Waals surface area (Å²) in [6.07, 6.45) is 2.25. The predicted octanol–water partition coefficient (Wildman–Crippen LogP) is 1.78. The summed E-state index contributed by atoms with van der Waals surface area (Å²) >= 11 is 0. The van der Waals surface area contributed by atoms with Crippen molar-refractivity contribution >= 4 is 10.0 Å². The van der Waals surface area contributed by atoms with Gasteiger partial charge >= 0.3 is 0 Å². The fourth-order valence-electron chi connectivity index (χ4n) is 2.79. The number of fused-ring (bicyclic) bond motifs is 1. The molecule has 0 spiro atoms. The first-order valence-corrected chi connectivity index (χ1v) is 8.54. The minimum atomic E-state index is -3.53. The number of benzene rings is 1. The summed E-state index contributed by atoms with van der Waals surface area (Å²) in [5.41, 5.74) is 3.33. The minimum absolute atomic E-state index is 0.335. The lowest BCUT2D eigenvalue weighted by molar-refractivity contribution is 0.384. The van der Waals surface area contributed by atoms with Crippen LogP contribution in [0.15, 0.2) is 23.4 Å². The summed E-state index contributed by atoms with van der Waals surface area (Å²) in [6.45, 7) is 4.42. The molecule has 0 saturated heterocycles. The largest absolute Gasteiger partial charge is 0.496 e. The zero-order valence-corrected chi connectivity index (χ0v) is 13.7. The highest BCUT2D eigenvalue weighted by molar-refractivity contribution is 7.89. The molecule has 0 bridgehead atoms. The van der Waals surface area contributed by atoms with E-state index in [4.69, 9.17) is 4.74 Å². The third-order valence-electron chi connectivity index (χ3n) is 4.05. The van der Waals surface area contributed by atoms with E-state index >= 15 is 0 Å². The Hall–Kier alpha value is -1.86. The van der Waals surface area contributed by atoms with Gasteiger partial charge in [-0.1, -0.05) is 0 Å². The van der Waals surface area contributed by atoms with Gasteiger partial charge in [-0.3, -0.25) is 0 Å². The molecule has 2 aromatic rings. The molecule has 0 fully saturated rings. The molecule has 0 amide bonds. The van der Waals surface area contributed by atoms with Crippen LogP contribution in [-0.2, 0) is 23.0 Å². The molecule has 2 heterocycles. The van der Waals surface area contributed by atoms with Gasteiger partial charge in [0, 0.05) is 13.0 Å². The number of imidazole rings is 1. The van der Waals surface area contributed by atoms with Crippen molar-refractivity contribution < 1.29 is 13.2 Å². The van der Waals surface area contributed by atoms with E-state index in [9.17, 15) is 8.42 Å². The van der Waals surface area contributed by atoms with Crippen molar-refractivity contribution in [2.45, 2.75) is 31.7 Å². The van der Waals surface area contributed by atoms with Crippen LogP contribution in [0.1, 0.15) is 22.5 Å². The van der Waals surface area contributed by atoms with E-state index in [0.717, 1.165) is 17.0 Å². The molecular weight excluding hydrogens is 302 g/mol. The third-order valence-corrected chi connectivity index (χ3v) is 6.04. The lowest BCUT2D eigenvalue weighted by Crippen LogP contribution is -2.36. The van der Waals surface area contributed by atoms with Gasteiger partial charge in [-0.05, 0) is 37.1 Å². The van der Waals surface area contributed by atoms with Crippen molar-refractivity contribution in [3.05, 3.63) is 41.0 Å². The third kappa shape index (κ3) is 2.40. The van der Waals surface area contributed by atoms with Crippen LogP contribution < -0.4 is 4.74 Å². The van der Waals surface area contributed by atoms with Crippen LogP contribution in [0.3, 0.4) is 0 Å². The first-order chi connectivity index (χ1) is 10.4. The van der Waals surface area contributed by atoms with Crippen molar-refractivity contribution in [1.29, 1.82) is 0 Å². The van der Waals surface area contributed by atoms with Crippen molar-refractivity contribution in [1.82, 2.24) is 14.3 Å². The molecule has 118 valence electrons. The van der Waals surface area contributed by atoms with Gasteiger partial charge in [-0.25, -0.2) is 13.4 Å². The Kier molecular flexibility index (Phi) is 3.70. The second kappa shape index (κ2) is 5.40. The Morgan fingerprint density at radius 1 is 1.27 bits per heavy atom. The maximum atomic E-state index is 12.9. The number of nitrogens with one attached hydrogen (secondary N) is 1. The number of ether oxygens (including phenoxy) is 1. The zero-order chi connectivity index (χ0) is 15.9. The number of aromatic nitrogens is 2. The summed E-state index contributed by atoms with van der Waals surface area (Å²) < 4.78 is 32.6. The molecule has 0 saturated carbocycles. The Bertz CT molecular complexity index is 811. The highest BCUT2D eigenvalue weighted by Crippen LogP contribution is 2.29. The summed E-state index contributed by atoms with van der Waals surface area (Å²) in [7, 11) is -1.95. The number of methoxy groups -OCH3 is 1. The monoisotopic (exact) mass is 321 g/mol. The van der Waals surface area contributed by atoms with Crippen LogP contribution in [0.25, 0.3) is 0 Å². The van der Waals surface area contributed by atoms with Crippen molar-refractivity contribution in [2.75, 3.05) is 13.7 Å². The molecule has 22 heavy (non-hydrogen) atoms. The SMILES string of the molecule is COc1cc(C)c(S(=O)(=O)N2CCc3nc[nH]c3C2)cc1C. The predicted molar refractivity (Wildman–Crippen MR) is 82.4 cm³/mol. The maximum Gasteiger partial charge on any atom is 0.243 e. The lowest BCUT2D eigenvalue weighted by Gasteiger charge is -2.26. The molecule has 0 atom stereocenters. The Balaban J connectivity index is 1.99. The fraction of sp³-hybridized carbons (Fsp3) is 0.400. The second-order valence-corrected chi connectivity index (χ2v) is 7.41. The fourth-order valence-corrected chi connectivity index (χ4v) is 4.49. The van der Waals surface area contributed by atoms with Crippen LogP contribution in [0.2, 0.25) is 0 Å². The van der Waals surface area contributed by atoms with E-state index in [1.165, 1.54) is 4.31 Å². The van der Waals surface area contributed by atoms with Crippen molar-refractivity contribution in [3.8, 4) is 5.75 Å². The van der Waals surface area contributed by atoms with E-state index in [0.29, 0.717) is 35.7 Å². The quantitative estimate of drug-likeness (QED) is 0.935. The van der Waals surface area contributed by atoms with Crippen LogP contribution in [0.5, 0.6) is 5.75 Å². The molecule has 0 aliphatic carbocycles. The van der Waals surface area contributed by atoms with Gasteiger partial charge in [0.25, 0.3) is 0 Å². The molecule has 1 aliphatic heterocycles. The number of rotatable bonds is 3. The Morgan fingerprint density at radius 3 is 2.77 bits per heavy atom. The lowest BCUT2D eigenvalue weighted by atomic mass is 10.1. The normalized spacial score (nSPS) is 15.6. The van der Waals surface area contributed by atoms with E-state index in [-0.39, 0.29) is 0 Å². The molecule has 1 aliphatic rings. The number of sulfonamides is 1. The number of hydrogen-bond acceptors (Lipinski definition) is 4. The van der Waals surface area contributed by atoms with Crippen LogP contribution in [0.4, 0.5) is 0 Å². The van der Waals surface area contributed by atoms with Gasteiger partial charge in [0.15, 0.2) is 0 Å². The molecule has 7 heteroatoms. The number of nitrogens with zero attached hydrogens (tertiary/aromatic N) is 2. The molecule has 3 rings (SSSR count). The van der Waals surface area contributed by atoms with E-state index in [2.05, 4.69) is 9.97 Å². The number of aromatic amines is 1. The van der Waals surface area contributed by atoms with Gasteiger partial charge in [0.05, 0.1) is 36.3 Å². The van der Waals surface area contributed by atoms with Gasteiger partial charge in [0.1, 0.15) is 5.75 Å². The van der Waals surface area contributed by atoms with Crippen molar-refractivity contribution in [2.24, 2.45) is 0 Å². The van der Waals surface area contributed by atoms with E-state index < -0.39 is 10.0 Å². The smallest absolute Gasteiger partial charge is 0.243 e. The summed E-state index contributed by atoms with van der Waals surface area (Å²) in [5.74, 6) is 0.700. The average Bonchev–Trinajstić information content (AvgIpc) is 2.96. The standard InChI is InChI=1S/C15H19N3O3S/c1-10-7-15(11(2)6-14(10)21-3)22(19,20)18-5-4-12-13(8-18)17-9-16-12/h6-7,9H,4-5,8H2,1-3H3,(H,16,17). The highest BCUT2D eigenvalue weighted by atomic mass is 32.2. The highest BCUT2D eigenvalue weighted by Gasteiger charge is 2.31. The minimum Gasteiger partial charge on any atom is -0.496 e. The van der Waals surface area contributed by atoms with Gasteiger partial charge in [-0.15, -0.1) is 0 Å². The van der Waals surface area contributed by atoms with Crippen molar-refractivity contribution in [3.63, 3.8) is 0 Å². The molecular formula is C15H19N3O3S. The zero-order valence-electron chi connectivity index (χ0n) is 12.9. The van der Waals surface area contributed by atoms with E-state index in [1.54, 1.807) is 32.5 Å². The second-order valence-electron chi connectivity index (χ2n) is 5.50. The van der Waals surface area contributed by atoms with Crippen LogP contribution in [0, 0.1) is 13.8 Å². The first kappa shape index (κ1) is 15.1. The summed E-state index contributed by atoms with van der Waals surface area (Å²) in [5, 5.41) is 0. The Labute approximate surface area is 130 Å². The van der Waals surface area contributed by atoms with Gasteiger partial charge in [-0.2, -0.15) is 4.31 Å². The maximum absolute atomic E-state index is 12.9. The van der Waals surface area contributed by atoms with Crippen LogP contribution >= 0.6 is 0 Å². The van der Waals surface area contributed by atoms with Gasteiger partial charge in [0.2, 0.25) is 10.0 Å². The van der Waals surface area contributed by atoms with E-state index in [1.807, 2.05) is 6.92 Å². The first-order valence-electron chi connectivity index (χ1n) is 7.10. The number of aryl methyl sites for hydroxylation is 2. The summed E-state index contributed by atoms with van der Waals surface area (Å²) in [4.78, 5) is 7.57. The molecule has 6 nitrogen and oxygen atoms in total. The molecule has 1 aromatic heterocycles. The Morgan fingerprint density at radius 2 is 2.05 bits per heavy atom.